The molecule has 0 bridgehead atoms. The number of nitrogens with two attached hydrogens (primary N) is 1. The molecule has 1 aromatic heterocycles. The van der Waals surface area contributed by atoms with Crippen LogP contribution in [0, 0.1) is 19.3 Å². The summed E-state index contributed by atoms with van der Waals surface area (Å²) in [7, 11) is 0. The molecule has 1 aliphatic rings. The number of nitrogen functional groups attached to an aromatic ring is 1. The second-order valence-electron chi connectivity index (χ2n) is 4.67. The van der Waals surface area contributed by atoms with Crippen LogP contribution in [0.3, 0.4) is 0 Å². The van der Waals surface area contributed by atoms with Crippen LogP contribution in [0.1, 0.15) is 36.7 Å². The lowest BCUT2D eigenvalue weighted by atomic mass is 10.1. The van der Waals surface area contributed by atoms with Gasteiger partial charge in [-0.2, -0.15) is 0 Å². The topological polar surface area (TPSA) is 66.0 Å². The summed E-state index contributed by atoms with van der Waals surface area (Å²) in [5, 5.41) is 7.73. The van der Waals surface area contributed by atoms with Crippen molar-refractivity contribution in [3.63, 3.8) is 0 Å². The average Bonchev–Trinajstić information content (AvgIpc) is 3.01. The van der Waals surface area contributed by atoms with Crippen LogP contribution in [0.2, 0.25) is 0 Å². The zero-order valence-corrected chi connectivity index (χ0v) is 10.7. The minimum Gasteiger partial charge on any atom is -0.384 e. The summed E-state index contributed by atoms with van der Waals surface area (Å²) >= 11 is 0. The third kappa shape index (κ3) is 2.25. The predicted octanol–water partition coefficient (Wildman–Crippen LogP) is 1.97. The first kappa shape index (κ1) is 11.9. The molecule has 1 fully saturated rings. The predicted molar refractivity (Wildman–Crippen MR) is 70.8 cm³/mol. The van der Waals surface area contributed by atoms with Crippen LogP contribution in [0.15, 0.2) is 6.07 Å². The van der Waals surface area contributed by atoms with E-state index in [1.165, 1.54) is 12.8 Å². The summed E-state index contributed by atoms with van der Waals surface area (Å²) < 4.78 is 0. The minimum atomic E-state index is 0.115. The number of aryl methyl sites for hydroxylation is 2. The summed E-state index contributed by atoms with van der Waals surface area (Å²) in [5.41, 5.74) is 9.41. The van der Waals surface area contributed by atoms with E-state index in [0.29, 0.717) is 6.04 Å². The Morgan fingerprint density at radius 1 is 1.53 bits per heavy atom. The van der Waals surface area contributed by atoms with Crippen molar-refractivity contribution in [1.29, 1.82) is 5.41 Å². The number of hydrogen-bond donors (Lipinski definition) is 2. The van der Waals surface area contributed by atoms with Crippen molar-refractivity contribution in [3.8, 4) is 0 Å². The van der Waals surface area contributed by atoms with Gasteiger partial charge in [-0.15, -0.1) is 0 Å². The highest BCUT2D eigenvalue weighted by Gasteiger charge is 2.30. The molecule has 0 amide bonds. The van der Waals surface area contributed by atoms with Crippen molar-refractivity contribution >= 4 is 11.5 Å². The first-order chi connectivity index (χ1) is 8.04. The maximum Gasteiger partial charge on any atom is 0.126 e. The summed E-state index contributed by atoms with van der Waals surface area (Å²) in [6, 6.07) is 2.67. The fraction of sp³-hybridized carbons (Fsp3) is 0.538. The summed E-state index contributed by atoms with van der Waals surface area (Å²) in [6.45, 7) is 7.01. The Balaban J connectivity index is 2.52. The molecule has 2 rings (SSSR count). The SMILES string of the molecule is CCN(c1cc(C)nc(C)c1C(=N)N)C1CC1. The average molecular weight is 232 g/mol. The van der Waals surface area contributed by atoms with Gasteiger partial charge in [-0.1, -0.05) is 0 Å². The molecule has 4 heteroatoms. The van der Waals surface area contributed by atoms with Gasteiger partial charge in [0.05, 0.1) is 16.9 Å². The molecule has 0 atom stereocenters. The van der Waals surface area contributed by atoms with Crippen molar-refractivity contribution in [2.24, 2.45) is 5.73 Å². The lowest BCUT2D eigenvalue weighted by Gasteiger charge is -2.26. The number of aromatic nitrogens is 1. The molecule has 1 saturated carbocycles. The highest BCUT2D eigenvalue weighted by atomic mass is 15.2. The zero-order valence-electron chi connectivity index (χ0n) is 10.7. The molecule has 1 aliphatic carbocycles. The standard InChI is InChI=1S/C13H20N4/c1-4-17(10-5-6-10)11-7-8(2)16-9(3)12(11)13(14)15/h7,10H,4-6H2,1-3H3,(H3,14,15). The molecule has 17 heavy (non-hydrogen) atoms. The van der Waals surface area contributed by atoms with Gasteiger partial charge in [0.2, 0.25) is 0 Å². The van der Waals surface area contributed by atoms with Crippen molar-refractivity contribution in [2.75, 3.05) is 11.4 Å². The van der Waals surface area contributed by atoms with Gasteiger partial charge in [0, 0.05) is 18.3 Å². The number of nitrogens with one attached hydrogen (secondary N) is 1. The van der Waals surface area contributed by atoms with Crippen LogP contribution in [-0.2, 0) is 0 Å². The molecule has 0 aliphatic heterocycles. The number of hydrogen-bond acceptors (Lipinski definition) is 3. The number of anilines is 1. The molecule has 0 spiro atoms. The molecule has 0 aromatic carbocycles. The third-order valence-electron chi connectivity index (χ3n) is 3.21. The van der Waals surface area contributed by atoms with Gasteiger partial charge >= 0.3 is 0 Å². The van der Waals surface area contributed by atoms with E-state index >= 15 is 0 Å². The Hall–Kier alpha value is -1.58. The zero-order chi connectivity index (χ0) is 12.6. The third-order valence-corrected chi connectivity index (χ3v) is 3.21. The molecular weight excluding hydrogens is 212 g/mol. The van der Waals surface area contributed by atoms with E-state index in [4.69, 9.17) is 11.1 Å². The van der Waals surface area contributed by atoms with Crippen molar-refractivity contribution in [2.45, 2.75) is 39.7 Å². The van der Waals surface area contributed by atoms with Crippen LogP contribution in [-0.4, -0.2) is 23.4 Å². The van der Waals surface area contributed by atoms with E-state index in [-0.39, 0.29) is 5.84 Å². The van der Waals surface area contributed by atoms with Gasteiger partial charge in [-0.3, -0.25) is 10.4 Å². The lowest BCUT2D eigenvalue weighted by Crippen LogP contribution is -2.29. The van der Waals surface area contributed by atoms with Crippen LogP contribution in [0.5, 0.6) is 0 Å². The molecule has 0 unspecified atom stereocenters. The van der Waals surface area contributed by atoms with E-state index < -0.39 is 0 Å². The highest BCUT2D eigenvalue weighted by Crippen LogP contribution is 2.34. The first-order valence-corrected chi connectivity index (χ1v) is 6.13. The van der Waals surface area contributed by atoms with Gasteiger partial charge in [0.15, 0.2) is 0 Å². The molecule has 92 valence electrons. The van der Waals surface area contributed by atoms with E-state index in [0.717, 1.165) is 29.2 Å². The monoisotopic (exact) mass is 232 g/mol. The van der Waals surface area contributed by atoms with E-state index in [2.05, 4.69) is 16.8 Å². The van der Waals surface area contributed by atoms with Gasteiger partial charge in [0.25, 0.3) is 0 Å². The largest absolute Gasteiger partial charge is 0.384 e. The maximum atomic E-state index is 7.73. The second kappa shape index (κ2) is 4.35. The summed E-state index contributed by atoms with van der Waals surface area (Å²) in [5.74, 6) is 0.115. The fourth-order valence-corrected chi connectivity index (χ4v) is 2.38. The molecule has 0 radical (unpaired) electrons. The van der Waals surface area contributed by atoms with Gasteiger partial charge < -0.3 is 10.6 Å². The summed E-state index contributed by atoms with van der Waals surface area (Å²) in [6.07, 6.45) is 2.48. The van der Waals surface area contributed by atoms with Crippen LogP contribution in [0.4, 0.5) is 5.69 Å². The van der Waals surface area contributed by atoms with Gasteiger partial charge in [0.1, 0.15) is 5.84 Å². The molecule has 0 saturated heterocycles. The van der Waals surface area contributed by atoms with E-state index in [1.807, 2.05) is 19.9 Å². The van der Waals surface area contributed by atoms with E-state index in [1.54, 1.807) is 0 Å². The number of nitrogens with zero attached hydrogens (tertiary/aromatic N) is 2. The van der Waals surface area contributed by atoms with Gasteiger partial charge in [-0.05, 0) is 39.7 Å². The Kier molecular flexibility index (Phi) is 3.05. The summed E-state index contributed by atoms with van der Waals surface area (Å²) in [4.78, 5) is 6.75. The number of rotatable bonds is 4. The van der Waals surface area contributed by atoms with Crippen molar-refractivity contribution in [1.82, 2.24) is 4.98 Å². The quantitative estimate of drug-likeness (QED) is 0.616. The second-order valence-corrected chi connectivity index (χ2v) is 4.67. The molecule has 4 nitrogen and oxygen atoms in total. The minimum absolute atomic E-state index is 0.115. The molecule has 1 heterocycles. The Labute approximate surface area is 102 Å². The lowest BCUT2D eigenvalue weighted by molar-refractivity contribution is 0.820. The van der Waals surface area contributed by atoms with Crippen LogP contribution >= 0.6 is 0 Å². The van der Waals surface area contributed by atoms with Crippen molar-refractivity contribution in [3.05, 3.63) is 23.0 Å². The highest BCUT2D eigenvalue weighted by molar-refractivity contribution is 6.01. The van der Waals surface area contributed by atoms with Crippen LogP contribution < -0.4 is 10.6 Å². The van der Waals surface area contributed by atoms with Gasteiger partial charge in [-0.25, -0.2) is 0 Å². The Bertz CT molecular complexity index is 449. The molecule has 1 aromatic rings. The maximum absolute atomic E-state index is 7.73. The number of pyridine rings is 1. The normalized spacial score (nSPS) is 14.8. The molecule has 3 N–H and O–H groups in total. The van der Waals surface area contributed by atoms with Crippen LogP contribution in [0.25, 0.3) is 0 Å². The van der Waals surface area contributed by atoms with E-state index in [9.17, 15) is 0 Å². The fourth-order valence-electron chi connectivity index (χ4n) is 2.38. The smallest absolute Gasteiger partial charge is 0.126 e. The molecular formula is C13H20N4. The Morgan fingerprint density at radius 2 is 2.18 bits per heavy atom. The first-order valence-electron chi connectivity index (χ1n) is 6.13. The Morgan fingerprint density at radius 3 is 2.65 bits per heavy atom. The van der Waals surface area contributed by atoms with Crippen molar-refractivity contribution < 1.29 is 0 Å². The number of amidine groups is 1.